The molecular weight excluding hydrogens is 364 g/mol. The molecule has 1 saturated heterocycles. The Kier molecular flexibility index (Phi) is 4.45. The van der Waals surface area contributed by atoms with Crippen LogP contribution in [0.2, 0.25) is 0 Å². The summed E-state index contributed by atoms with van der Waals surface area (Å²) in [6.45, 7) is 2.18. The molecule has 4 rings (SSSR count). The Labute approximate surface area is 160 Å². The van der Waals surface area contributed by atoms with E-state index >= 15 is 0 Å². The molecule has 28 heavy (non-hydrogen) atoms. The minimum atomic E-state index is -0.521. The lowest BCUT2D eigenvalue weighted by molar-refractivity contribution is -0.384. The molecule has 0 aromatic heterocycles. The highest BCUT2D eigenvalue weighted by molar-refractivity contribution is 5.95. The van der Waals surface area contributed by atoms with Crippen molar-refractivity contribution in [3.63, 3.8) is 0 Å². The minimum Gasteiger partial charge on any atom is -0.454 e. The van der Waals surface area contributed by atoms with Gasteiger partial charge in [-0.05, 0) is 24.3 Å². The normalized spacial score (nSPS) is 15.2. The summed E-state index contributed by atoms with van der Waals surface area (Å²) in [6, 6.07) is 11.4. The van der Waals surface area contributed by atoms with E-state index in [0.29, 0.717) is 48.9 Å². The van der Waals surface area contributed by atoms with Gasteiger partial charge in [-0.1, -0.05) is 0 Å². The van der Waals surface area contributed by atoms with Crippen molar-refractivity contribution in [3.8, 4) is 17.6 Å². The highest BCUT2D eigenvalue weighted by Gasteiger charge is 2.25. The first-order valence-corrected chi connectivity index (χ1v) is 8.69. The van der Waals surface area contributed by atoms with Crippen LogP contribution in [0.4, 0.5) is 11.4 Å². The number of piperazine rings is 1. The number of carbonyl (C=O) groups excluding carboxylic acids is 1. The Balaban J connectivity index is 1.45. The largest absolute Gasteiger partial charge is 0.454 e. The van der Waals surface area contributed by atoms with E-state index in [1.807, 2.05) is 11.0 Å². The fourth-order valence-corrected chi connectivity index (χ4v) is 3.37. The second-order valence-electron chi connectivity index (χ2n) is 6.42. The highest BCUT2D eigenvalue weighted by atomic mass is 16.7. The van der Waals surface area contributed by atoms with Crippen LogP contribution in [-0.4, -0.2) is 48.7 Å². The predicted octanol–water partition coefficient (Wildman–Crippen LogP) is 2.16. The predicted molar refractivity (Wildman–Crippen MR) is 98.5 cm³/mol. The summed E-state index contributed by atoms with van der Waals surface area (Å²) in [5, 5.41) is 20.2. The van der Waals surface area contributed by atoms with E-state index in [1.54, 1.807) is 29.2 Å². The number of nitro benzene ring substituents is 1. The van der Waals surface area contributed by atoms with E-state index in [2.05, 4.69) is 0 Å². The van der Waals surface area contributed by atoms with Crippen molar-refractivity contribution < 1.29 is 19.2 Å². The molecule has 0 radical (unpaired) electrons. The number of anilines is 1. The van der Waals surface area contributed by atoms with Crippen LogP contribution in [-0.2, 0) is 0 Å². The Morgan fingerprint density at radius 1 is 1.07 bits per heavy atom. The minimum absolute atomic E-state index is 0.0952. The van der Waals surface area contributed by atoms with Crippen molar-refractivity contribution in [1.82, 2.24) is 4.90 Å². The smallest absolute Gasteiger partial charge is 0.270 e. The summed E-state index contributed by atoms with van der Waals surface area (Å²) in [5.41, 5.74) is 1.32. The average Bonchev–Trinajstić information content (AvgIpc) is 3.20. The lowest BCUT2D eigenvalue weighted by Crippen LogP contribution is -2.49. The van der Waals surface area contributed by atoms with Gasteiger partial charge >= 0.3 is 0 Å². The SMILES string of the molecule is N#Cc1cc([N+](=O)[O-])ccc1N1CCN(C(=O)c2ccc3c(c2)OCO3)CC1. The summed E-state index contributed by atoms with van der Waals surface area (Å²) >= 11 is 0. The molecule has 1 amide bonds. The Bertz CT molecular complexity index is 992. The van der Waals surface area contributed by atoms with Gasteiger partial charge in [0.15, 0.2) is 11.5 Å². The van der Waals surface area contributed by atoms with Gasteiger partial charge in [-0.3, -0.25) is 14.9 Å². The number of hydrogen-bond acceptors (Lipinski definition) is 7. The van der Waals surface area contributed by atoms with Crippen LogP contribution >= 0.6 is 0 Å². The van der Waals surface area contributed by atoms with Crippen LogP contribution in [0.5, 0.6) is 11.5 Å². The van der Waals surface area contributed by atoms with Crippen molar-refractivity contribution in [2.45, 2.75) is 0 Å². The molecular formula is C19H16N4O5. The molecule has 0 N–H and O–H groups in total. The van der Waals surface area contributed by atoms with Crippen LogP contribution < -0.4 is 14.4 Å². The Morgan fingerprint density at radius 3 is 2.54 bits per heavy atom. The van der Waals surface area contributed by atoms with E-state index in [-0.39, 0.29) is 24.0 Å². The van der Waals surface area contributed by atoms with Gasteiger partial charge in [0.05, 0.1) is 16.2 Å². The molecule has 2 aliphatic heterocycles. The summed E-state index contributed by atoms with van der Waals surface area (Å²) in [5.74, 6) is 1.10. The van der Waals surface area contributed by atoms with Crippen LogP contribution in [0.25, 0.3) is 0 Å². The van der Waals surface area contributed by atoms with Gasteiger partial charge in [0, 0.05) is 43.9 Å². The zero-order chi connectivity index (χ0) is 19.7. The van der Waals surface area contributed by atoms with Gasteiger partial charge in [-0.15, -0.1) is 0 Å². The molecule has 2 aliphatic rings. The first-order chi connectivity index (χ1) is 13.6. The number of nitro groups is 1. The fourth-order valence-electron chi connectivity index (χ4n) is 3.37. The van der Waals surface area contributed by atoms with Gasteiger partial charge in [-0.2, -0.15) is 5.26 Å². The van der Waals surface area contributed by atoms with Gasteiger partial charge in [0.2, 0.25) is 6.79 Å². The van der Waals surface area contributed by atoms with Gasteiger partial charge in [0.1, 0.15) is 6.07 Å². The summed E-state index contributed by atoms with van der Waals surface area (Å²) < 4.78 is 10.6. The quantitative estimate of drug-likeness (QED) is 0.593. The molecule has 9 nitrogen and oxygen atoms in total. The van der Waals surface area contributed by atoms with Crippen LogP contribution in [0.15, 0.2) is 36.4 Å². The number of non-ortho nitro benzene ring substituents is 1. The summed E-state index contributed by atoms with van der Waals surface area (Å²) in [4.78, 5) is 26.9. The summed E-state index contributed by atoms with van der Waals surface area (Å²) in [7, 11) is 0. The molecule has 0 atom stereocenters. The second kappa shape index (κ2) is 7.08. The van der Waals surface area contributed by atoms with Gasteiger partial charge < -0.3 is 19.3 Å². The molecule has 0 unspecified atom stereocenters. The van der Waals surface area contributed by atoms with Crippen LogP contribution in [0.1, 0.15) is 15.9 Å². The number of ether oxygens (including phenoxy) is 2. The highest BCUT2D eigenvalue weighted by Crippen LogP contribution is 2.33. The molecule has 2 heterocycles. The van der Waals surface area contributed by atoms with Crippen LogP contribution in [0.3, 0.4) is 0 Å². The molecule has 1 fully saturated rings. The maximum Gasteiger partial charge on any atom is 0.270 e. The third kappa shape index (κ3) is 3.16. The first kappa shape index (κ1) is 17.6. The van der Waals surface area contributed by atoms with E-state index in [4.69, 9.17) is 9.47 Å². The van der Waals surface area contributed by atoms with Crippen LogP contribution in [0, 0.1) is 21.4 Å². The maximum atomic E-state index is 12.8. The van der Waals surface area contributed by atoms with Crippen molar-refractivity contribution >= 4 is 17.3 Å². The monoisotopic (exact) mass is 380 g/mol. The lowest BCUT2D eigenvalue weighted by Gasteiger charge is -2.36. The van der Waals surface area contributed by atoms with E-state index in [0.717, 1.165) is 0 Å². The molecule has 0 spiro atoms. The summed E-state index contributed by atoms with van der Waals surface area (Å²) in [6.07, 6.45) is 0. The van der Waals surface area contributed by atoms with E-state index in [9.17, 15) is 20.2 Å². The fraction of sp³-hybridized carbons (Fsp3) is 0.263. The topological polar surface area (TPSA) is 109 Å². The standard InChI is InChI=1S/C19H16N4O5/c20-11-14-9-15(23(25)26)2-3-16(14)21-5-7-22(8-6-21)19(24)13-1-4-17-18(10-13)28-12-27-17/h1-4,9-10H,5-8,12H2. The Hall–Kier alpha value is -3.80. The van der Waals surface area contributed by atoms with Crippen molar-refractivity contribution in [1.29, 1.82) is 5.26 Å². The van der Waals surface area contributed by atoms with Crippen molar-refractivity contribution in [2.24, 2.45) is 0 Å². The molecule has 0 bridgehead atoms. The van der Waals surface area contributed by atoms with E-state index in [1.165, 1.54) is 12.1 Å². The molecule has 9 heteroatoms. The van der Waals surface area contributed by atoms with Gasteiger partial charge in [-0.25, -0.2) is 0 Å². The zero-order valence-electron chi connectivity index (χ0n) is 14.8. The number of hydrogen-bond donors (Lipinski definition) is 0. The number of carbonyl (C=O) groups is 1. The number of amides is 1. The molecule has 0 aliphatic carbocycles. The molecule has 2 aromatic rings. The van der Waals surface area contributed by atoms with Gasteiger partial charge in [0.25, 0.3) is 11.6 Å². The third-order valence-corrected chi connectivity index (χ3v) is 4.84. The number of fused-ring (bicyclic) bond motifs is 1. The van der Waals surface area contributed by atoms with E-state index < -0.39 is 4.92 Å². The molecule has 2 aromatic carbocycles. The Morgan fingerprint density at radius 2 is 1.82 bits per heavy atom. The number of rotatable bonds is 3. The number of nitrogens with zero attached hydrogens (tertiary/aromatic N) is 4. The lowest BCUT2D eigenvalue weighted by atomic mass is 10.1. The van der Waals surface area contributed by atoms with Crippen molar-refractivity contribution in [3.05, 3.63) is 57.6 Å². The number of benzene rings is 2. The second-order valence-corrected chi connectivity index (χ2v) is 6.42. The third-order valence-electron chi connectivity index (χ3n) is 4.84. The van der Waals surface area contributed by atoms with Crippen molar-refractivity contribution in [2.75, 3.05) is 37.9 Å². The molecule has 142 valence electrons. The molecule has 0 saturated carbocycles. The average molecular weight is 380 g/mol. The first-order valence-electron chi connectivity index (χ1n) is 8.69. The number of nitriles is 1. The zero-order valence-corrected chi connectivity index (χ0v) is 14.8. The maximum absolute atomic E-state index is 12.8.